The van der Waals surface area contributed by atoms with Crippen LogP contribution in [-0.2, 0) is 4.74 Å². The van der Waals surface area contributed by atoms with Gasteiger partial charge in [-0.1, -0.05) is 6.92 Å². The first kappa shape index (κ1) is 14.3. The molecule has 1 atom stereocenters. The van der Waals surface area contributed by atoms with E-state index in [1.165, 1.54) is 0 Å². The van der Waals surface area contributed by atoms with Gasteiger partial charge >= 0.3 is 6.09 Å². The molecule has 4 heteroatoms. The van der Waals surface area contributed by atoms with Crippen molar-refractivity contribution >= 4 is 6.09 Å². The second kappa shape index (κ2) is 5.25. The van der Waals surface area contributed by atoms with Crippen LogP contribution in [0.2, 0.25) is 0 Å². The van der Waals surface area contributed by atoms with E-state index in [4.69, 9.17) is 10.5 Å². The summed E-state index contributed by atoms with van der Waals surface area (Å²) in [5.74, 6) is 0. The Hall–Kier alpha value is -0.770. The molecule has 1 aliphatic rings. The molecule has 0 spiro atoms. The normalized spacial score (nSPS) is 25.1. The molecule has 0 aliphatic carbocycles. The van der Waals surface area contributed by atoms with Gasteiger partial charge in [0.05, 0.1) is 0 Å². The summed E-state index contributed by atoms with van der Waals surface area (Å²) in [5, 5.41) is 0. The Morgan fingerprint density at radius 1 is 1.47 bits per heavy atom. The number of hydrogen-bond donors (Lipinski definition) is 1. The highest BCUT2D eigenvalue weighted by molar-refractivity contribution is 5.68. The summed E-state index contributed by atoms with van der Waals surface area (Å²) < 4.78 is 5.39. The van der Waals surface area contributed by atoms with Gasteiger partial charge in [0.15, 0.2) is 0 Å². The van der Waals surface area contributed by atoms with Crippen molar-refractivity contribution in [3.05, 3.63) is 0 Å². The Kier molecular flexibility index (Phi) is 4.42. The second-order valence-corrected chi connectivity index (χ2v) is 6.04. The SMILES string of the molecule is CCC1(CCN)CCN(C(=O)OC(C)(C)C)C1. The summed E-state index contributed by atoms with van der Waals surface area (Å²) in [4.78, 5) is 13.8. The van der Waals surface area contributed by atoms with Crippen LogP contribution in [0.25, 0.3) is 0 Å². The summed E-state index contributed by atoms with van der Waals surface area (Å²) in [7, 11) is 0. The number of likely N-dealkylation sites (tertiary alicyclic amines) is 1. The summed E-state index contributed by atoms with van der Waals surface area (Å²) in [6, 6.07) is 0. The van der Waals surface area contributed by atoms with E-state index in [0.717, 1.165) is 32.4 Å². The Morgan fingerprint density at radius 2 is 2.12 bits per heavy atom. The molecule has 1 unspecified atom stereocenters. The fraction of sp³-hybridized carbons (Fsp3) is 0.923. The zero-order valence-electron chi connectivity index (χ0n) is 11.6. The molecule has 0 aromatic rings. The Bertz CT molecular complexity index is 273. The van der Waals surface area contributed by atoms with Gasteiger partial charge in [0.1, 0.15) is 5.60 Å². The number of carbonyl (C=O) groups excluding carboxylic acids is 1. The molecular weight excluding hydrogens is 216 g/mol. The van der Waals surface area contributed by atoms with Gasteiger partial charge in [-0.2, -0.15) is 0 Å². The van der Waals surface area contributed by atoms with E-state index in [-0.39, 0.29) is 11.5 Å². The van der Waals surface area contributed by atoms with E-state index in [1.807, 2.05) is 25.7 Å². The first-order valence-corrected chi connectivity index (χ1v) is 6.50. The monoisotopic (exact) mass is 242 g/mol. The molecule has 0 radical (unpaired) electrons. The van der Waals surface area contributed by atoms with Crippen LogP contribution in [0.1, 0.15) is 47.0 Å². The summed E-state index contributed by atoms with van der Waals surface area (Å²) in [5.41, 5.74) is 5.46. The first-order chi connectivity index (χ1) is 7.82. The van der Waals surface area contributed by atoms with Crippen LogP contribution in [-0.4, -0.2) is 36.2 Å². The quantitative estimate of drug-likeness (QED) is 0.826. The third-order valence-electron chi connectivity index (χ3n) is 3.51. The molecule has 17 heavy (non-hydrogen) atoms. The number of ether oxygens (including phenoxy) is 1. The van der Waals surface area contributed by atoms with Crippen LogP contribution in [0.15, 0.2) is 0 Å². The largest absolute Gasteiger partial charge is 0.444 e. The molecule has 0 aromatic carbocycles. The lowest BCUT2D eigenvalue weighted by molar-refractivity contribution is 0.0270. The number of nitrogens with two attached hydrogens (primary N) is 1. The van der Waals surface area contributed by atoms with Crippen molar-refractivity contribution in [2.24, 2.45) is 11.1 Å². The molecule has 1 amide bonds. The van der Waals surface area contributed by atoms with Crippen LogP contribution >= 0.6 is 0 Å². The van der Waals surface area contributed by atoms with Crippen molar-refractivity contribution in [2.45, 2.75) is 52.6 Å². The maximum absolute atomic E-state index is 11.9. The zero-order valence-corrected chi connectivity index (χ0v) is 11.6. The van der Waals surface area contributed by atoms with Crippen molar-refractivity contribution in [1.82, 2.24) is 4.90 Å². The average Bonchev–Trinajstić information content (AvgIpc) is 2.61. The van der Waals surface area contributed by atoms with Gasteiger partial charge in [0.25, 0.3) is 0 Å². The molecule has 1 saturated heterocycles. The van der Waals surface area contributed by atoms with Crippen molar-refractivity contribution in [1.29, 1.82) is 0 Å². The summed E-state index contributed by atoms with van der Waals surface area (Å²) >= 11 is 0. The first-order valence-electron chi connectivity index (χ1n) is 6.50. The Morgan fingerprint density at radius 3 is 2.59 bits per heavy atom. The van der Waals surface area contributed by atoms with Crippen molar-refractivity contribution < 1.29 is 9.53 Å². The zero-order chi connectivity index (χ0) is 13.1. The molecule has 2 N–H and O–H groups in total. The van der Waals surface area contributed by atoms with Gasteiger partial charge in [-0.25, -0.2) is 4.79 Å². The van der Waals surface area contributed by atoms with E-state index < -0.39 is 5.60 Å². The molecular formula is C13H26N2O2. The number of nitrogens with zero attached hydrogens (tertiary/aromatic N) is 1. The summed E-state index contributed by atoms with van der Waals surface area (Å²) in [6.45, 7) is 10.1. The molecule has 1 aliphatic heterocycles. The number of carbonyl (C=O) groups is 1. The van der Waals surface area contributed by atoms with E-state index in [2.05, 4.69) is 6.92 Å². The number of rotatable bonds is 3. The van der Waals surface area contributed by atoms with Crippen LogP contribution in [0, 0.1) is 5.41 Å². The van der Waals surface area contributed by atoms with E-state index >= 15 is 0 Å². The fourth-order valence-corrected chi connectivity index (χ4v) is 2.39. The van der Waals surface area contributed by atoms with Crippen LogP contribution in [0.5, 0.6) is 0 Å². The van der Waals surface area contributed by atoms with Crippen LogP contribution in [0.3, 0.4) is 0 Å². The minimum absolute atomic E-state index is 0.190. The van der Waals surface area contributed by atoms with Gasteiger partial charge in [0, 0.05) is 13.1 Å². The highest BCUT2D eigenvalue weighted by Gasteiger charge is 2.39. The highest BCUT2D eigenvalue weighted by atomic mass is 16.6. The predicted molar refractivity (Wildman–Crippen MR) is 68.8 cm³/mol. The topological polar surface area (TPSA) is 55.6 Å². The molecule has 1 heterocycles. The molecule has 100 valence electrons. The minimum Gasteiger partial charge on any atom is -0.444 e. The van der Waals surface area contributed by atoms with Crippen molar-refractivity contribution in [2.75, 3.05) is 19.6 Å². The van der Waals surface area contributed by atoms with Crippen molar-refractivity contribution in [3.63, 3.8) is 0 Å². The molecule has 0 bridgehead atoms. The van der Waals surface area contributed by atoms with Crippen LogP contribution < -0.4 is 5.73 Å². The van der Waals surface area contributed by atoms with Gasteiger partial charge in [-0.15, -0.1) is 0 Å². The molecule has 4 nitrogen and oxygen atoms in total. The van der Waals surface area contributed by atoms with E-state index in [9.17, 15) is 4.79 Å². The standard InChI is InChI=1S/C13H26N2O2/c1-5-13(6-8-14)7-9-15(10-13)11(16)17-12(2,3)4/h5-10,14H2,1-4H3. The molecule has 0 saturated carbocycles. The fourth-order valence-electron chi connectivity index (χ4n) is 2.39. The third-order valence-corrected chi connectivity index (χ3v) is 3.51. The third kappa shape index (κ3) is 3.87. The lowest BCUT2D eigenvalue weighted by Crippen LogP contribution is -2.37. The highest BCUT2D eigenvalue weighted by Crippen LogP contribution is 2.37. The maximum Gasteiger partial charge on any atom is 0.410 e. The van der Waals surface area contributed by atoms with Gasteiger partial charge in [-0.3, -0.25) is 0 Å². The average molecular weight is 242 g/mol. The Labute approximate surface area is 104 Å². The molecule has 1 fully saturated rings. The van der Waals surface area contributed by atoms with Gasteiger partial charge < -0.3 is 15.4 Å². The second-order valence-electron chi connectivity index (χ2n) is 6.04. The van der Waals surface area contributed by atoms with Crippen molar-refractivity contribution in [3.8, 4) is 0 Å². The number of amides is 1. The number of hydrogen-bond acceptors (Lipinski definition) is 3. The van der Waals surface area contributed by atoms with E-state index in [0.29, 0.717) is 6.54 Å². The van der Waals surface area contributed by atoms with Crippen LogP contribution in [0.4, 0.5) is 4.79 Å². The smallest absolute Gasteiger partial charge is 0.410 e. The van der Waals surface area contributed by atoms with E-state index in [1.54, 1.807) is 0 Å². The maximum atomic E-state index is 11.9. The predicted octanol–water partition coefficient (Wildman–Crippen LogP) is 2.37. The van der Waals surface area contributed by atoms with Gasteiger partial charge in [0.2, 0.25) is 0 Å². The lowest BCUT2D eigenvalue weighted by atomic mass is 9.81. The molecule has 0 aromatic heterocycles. The summed E-state index contributed by atoms with van der Waals surface area (Å²) in [6.07, 6.45) is 2.91. The lowest BCUT2D eigenvalue weighted by Gasteiger charge is -2.28. The van der Waals surface area contributed by atoms with Gasteiger partial charge in [-0.05, 0) is 52.0 Å². The minimum atomic E-state index is -0.414. The Balaban J connectivity index is 2.57. The molecule has 1 rings (SSSR count).